The molecule has 1 heterocycles. The average molecular weight is 276 g/mol. The van der Waals surface area contributed by atoms with Crippen molar-refractivity contribution in [2.24, 2.45) is 5.92 Å². The van der Waals surface area contributed by atoms with E-state index in [-0.39, 0.29) is 6.09 Å². The second-order valence-electron chi connectivity index (χ2n) is 5.83. The lowest BCUT2D eigenvalue weighted by Crippen LogP contribution is -2.23. The largest absolute Gasteiger partial charge is 0.447 e. The minimum Gasteiger partial charge on any atom is -0.447 e. The zero-order chi connectivity index (χ0) is 14.5. The summed E-state index contributed by atoms with van der Waals surface area (Å²) < 4.78 is 4.97. The van der Waals surface area contributed by atoms with Crippen LogP contribution < -0.4 is 10.2 Å². The molecule has 4 nitrogen and oxygen atoms in total. The van der Waals surface area contributed by atoms with Crippen molar-refractivity contribution in [2.45, 2.75) is 39.7 Å². The van der Waals surface area contributed by atoms with E-state index in [2.05, 4.69) is 26.1 Å². The molecular formula is C16H24N2O2. The van der Waals surface area contributed by atoms with E-state index in [1.54, 1.807) is 4.90 Å². The Balaban J connectivity index is 1.97. The van der Waals surface area contributed by atoms with Gasteiger partial charge in [0.2, 0.25) is 0 Å². The fourth-order valence-corrected chi connectivity index (χ4v) is 2.33. The van der Waals surface area contributed by atoms with Crippen molar-refractivity contribution >= 4 is 17.5 Å². The number of hydrogen-bond donors (Lipinski definition) is 1. The van der Waals surface area contributed by atoms with Crippen LogP contribution in [0.25, 0.3) is 0 Å². The highest BCUT2D eigenvalue weighted by Crippen LogP contribution is 2.23. The summed E-state index contributed by atoms with van der Waals surface area (Å²) in [5.74, 6) is 0.727. The van der Waals surface area contributed by atoms with Crippen molar-refractivity contribution in [3.05, 3.63) is 24.3 Å². The molecule has 0 spiro atoms. The first kappa shape index (κ1) is 14.7. The van der Waals surface area contributed by atoms with Crippen LogP contribution in [0, 0.1) is 5.92 Å². The molecule has 1 aromatic carbocycles. The standard InChI is InChI=1S/C16H24N2O2/c1-12(2)7-8-13(3)17-14-5-4-6-15(11-14)18-9-10-20-16(18)19/h4-6,11-13,17H,7-10H2,1-3H3. The zero-order valence-electron chi connectivity index (χ0n) is 12.6. The Labute approximate surface area is 121 Å². The number of cyclic esters (lactones) is 1. The number of ether oxygens (including phenoxy) is 1. The Morgan fingerprint density at radius 3 is 2.75 bits per heavy atom. The second kappa shape index (κ2) is 6.64. The first-order chi connectivity index (χ1) is 9.56. The molecule has 1 N–H and O–H groups in total. The van der Waals surface area contributed by atoms with E-state index < -0.39 is 0 Å². The molecule has 1 aromatic rings. The monoisotopic (exact) mass is 276 g/mol. The van der Waals surface area contributed by atoms with Crippen LogP contribution in [0.3, 0.4) is 0 Å². The quantitative estimate of drug-likeness (QED) is 0.857. The average Bonchev–Trinajstić information content (AvgIpc) is 2.83. The highest BCUT2D eigenvalue weighted by atomic mass is 16.6. The highest BCUT2D eigenvalue weighted by Gasteiger charge is 2.23. The maximum absolute atomic E-state index is 11.6. The Bertz CT molecular complexity index is 460. The fraction of sp³-hybridized carbons (Fsp3) is 0.562. The first-order valence-electron chi connectivity index (χ1n) is 7.37. The Hall–Kier alpha value is -1.71. The van der Waals surface area contributed by atoms with Gasteiger partial charge >= 0.3 is 6.09 Å². The Morgan fingerprint density at radius 1 is 1.30 bits per heavy atom. The molecule has 1 unspecified atom stereocenters. The minimum absolute atomic E-state index is 0.255. The molecule has 1 amide bonds. The number of hydrogen-bond acceptors (Lipinski definition) is 3. The van der Waals surface area contributed by atoms with Crippen molar-refractivity contribution in [1.29, 1.82) is 0 Å². The number of rotatable bonds is 6. The van der Waals surface area contributed by atoms with Crippen LogP contribution in [0.5, 0.6) is 0 Å². The summed E-state index contributed by atoms with van der Waals surface area (Å²) in [6, 6.07) is 8.39. The van der Waals surface area contributed by atoms with Crippen molar-refractivity contribution in [3.8, 4) is 0 Å². The maximum Gasteiger partial charge on any atom is 0.414 e. The topological polar surface area (TPSA) is 41.6 Å². The third-order valence-corrected chi connectivity index (χ3v) is 3.51. The minimum atomic E-state index is -0.255. The van der Waals surface area contributed by atoms with Crippen LogP contribution in [0.15, 0.2) is 24.3 Å². The molecule has 4 heteroatoms. The molecular weight excluding hydrogens is 252 g/mol. The number of nitrogens with zero attached hydrogens (tertiary/aromatic N) is 1. The smallest absolute Gasteiger partial charge is 0.414 e. The molecule has 0 saturated carbocycles. The van der Waals surface area contributed by atoms with E-state index in [4.69, 9.17) is 4.74 Å². The lowest BCUT2D eigenvalue weighted by Gasteiger charge is -2.18. The van der Waals surface area contributed by atoms with Crippen LogP contribution in [0.2, 0.25) is 0 Å². The summed E-state index contributed by atoms with van der Waals surface area (Å²) in [4.78, 5) is 13.2. The maximum atomic E-state index is 11.6. The second-order valence-corrected chi connectivity index (χ2v) is 5.83. The van der Waals surface area contributed by atoms with Gasteiger partial charge in [-0.25, -0.2) is 4.79 Å². The van der Waals surface area contributed by atoms with Crippen LogP contribution in [0.1, 0.15) is 33.6 Å². The summed E-state index contributed by atoms with van der Waals surface area (Å²) in [7, 11) is 0. The number of amides is 1. The fourth-order valence-electron chi connectivity index (χ4n) is 2.33. The first-order valence-corrected chi connectivity index (χ1v) is 7.37. The number of carbonyl (C=O) groups is 1. The third kappa shape index (κ3) is 3.89. The van der Waals surface area contributed by atoms with Gasteiger partial charge in [0, 0.05) is 17.4 Å². The molecule has 0 aliphatic carbocycles. The molecule has 1 aliphatic rings. The number of carbonyl (C=O) groups excluding carboxylic acids is 1. The van der Waals surface area contributed by atoms with Gasteiger partial charge in [-0.3, -0.25) is 4.90 Å². The molecule has 1 atom stereocenters. The van der Waals surface area contributed by atoms with Crippen LogP contribution in [-0.4, -0.2) is 25.3 Å². The van der Waals surface area contributed by atoms with E-state index in [1.165, 1.54) is 6.42 Å². The SMILES string of the molecule is CC(C)CCC(C)Nc1cccc(N2CCOC2=O)c1. The van der Waals surface area contributed by atoms with Gasteiger partial charge in [-0.2, -0.15) is 0 Å². The van der Waals surface area contributed by atoms with Gasteiger partial charge in [-0.05, 0) is 43.9 Å². The molecule has 0 bridgehead atoms. The van der Waals surface area contributed by atoms with Crippen LogP contribution in [-0.2, 0) is 4.74 Å². The third-order valence-electron chi connectivity index (χ3n) is 3.51. The van der Waals surface area contributed by atoms with E-state index in [9.17, 15) is 4.79 Å². The van der Waals surface area contributed by atoms with Gasteiger partial charge in [-0.15, -0.1) is 0 Å². The molecule has 1 saturated heterocycles. The molecule has 1 aliphatic heterocycles. The summed E-state index contributed by atoms with van der Waals surface area (Å²) >= 11 is 0. The van der Waals surface area contributed by atoms with E-state index in [0.29, 0.717) is 19.2 Å². The van der Waals surface area contributed by atoms with Gasteiger partial charge < -0.3 is 10.1 Å². The Kier molecular flexibility index (Phi) is 4.88. The number of benzene rings is 1. The van der Waals surface area contributed by atoms with E-state index >= 15 is 0 Å². The van der Waals surface area contributed by atoms with Crippen LogP contribution in [0.4, 0.5) is 16.2 Å². The van der Waals surface area contributed by atoms with Crippen molar-refractivity contribution in [1.82, 2.24) is 0 Å². The van der Waals surface area contributed by atoms with Gasteiger partial charge in [0.05, 0.1) is 6.54 Å². The Morgan fingerprint density at radius 2 is 2.10 bits per heavy atom. The lowest BCUT2D eigenvalue weighted by molar-refractivity contribution is 0.181. The number of anilines is 2. The summed E-state index contributed by atoms with van der Waals surface area (Å²) in [5, 5.41) is 3.50. The molecule has 0 radical (unpaired) electrons. The van der Waals surface area contributed by atoms with Gasteiger partial charge in [0.15, 0.2) is 0 Å². The molecule has 0 aromatic heterocycles. The van der Waals surface area contributed by atoms with Crippen molar-refractivity contribution < 1.29 is 9.53 Å². The highest BCUT2D eigenvalue weighted by molar-refractivity contribution is 5.89. The summed E-state index contributed by atoms with van der Waals surface area (Å²) in [6.45, 7) is 7.78. The lowest BCUT2D eigenvalue weighted by atomic mass is 10.0. The molecule has 20 heavy (non-hydrogen) atoms. The normalized spacial score (nSPS) is 16.4. The molecule has 2 rings (SSSR count). The predicted octanol–water partition coefficient (Wildman–Crippen LogP) is 3.88. The van der Waals surface area contributed by atoms with Crippen molar-refractivity contribution in [3.63, 3.8) is 0 Å². The summed E-state index contributed by atoms with van der Waals surface area (Å²) in [6.07, 6.45) is 2.11. The molecule has 110 valence electrons. The predicted molar refractivity (Wildman–Crippen MR) is 82.3 cm³/mol. The molecule has 1 fully saturated rings. The van der Waals surface area contributed by atoms with Gasteiger partial charge in [0.25, 0.3) is 0 Å². The van der Waals surface area contributed by atoms with E-state index in [1.807, 2.05) is 24.3 Å². The number of nitrogens with one attached hydrogen (secondary N) is 1. The van der Waals surface area contributed by atoms with Crippen molar-refractivity contribution in [2.75, 3.05) is 23.4 Å². The van der Waals surface area contributed by atoms with Gasteiger partial charge in [0.1, 0.15) is 6.61 Å². The van der Waals surface area contributed by atoms with Gasteiger partial charge in [-0.1, -0.05) is 19.9 Å². The zero-order valence-corrected chi connectivity index (χ0v) is 12.6. The van der Waals surface area contributed by atoms with Crippen LogP contribution >= 0.6 is 0 Å². The summed E-state index contributed by atoms with van der Waals surface area (Å²) in [5.41, 5.74) is 1.95. The van der Waals surface area contributed by atoms with E-state index in [0.717, 1.165) is 23.7 Å².